The van der Waals surface area contributed by atoms with Crippen molar-refractivity contribution in [3.63, 3.8) is 0 Å². The molecule has 40 heteroatoms. The number of phosphoric acid groups is 1. The molecule has 8 aromatic rings. The number of aryl methyl sites for hydroxylation is 1. The van der Waals surface area contributed by atoms with Gasteiger partial charge >= 0.3 is 24.9 Å². The van der Waals surface area contributed by atoms with Crippen LogP contribution in [-0.4, -0.2) is 157 Å². The maximum absolute atomic E-state index is 14.3. The third kappa shape index (κ3) is 16.1. The van der Waals surface area contributed by atoms with Crippen molar-refractivity contribution in [2.24, 2.45) is 0 Å². The van der Waals surface area contributed by atoms with Gasteiger partial charge < -0.3 is 84.9 Å². The lowest BCUT2D eigenvalue weighted by Crippen LogP contribution is -2.38. The molecule has 0 bridgehead atoms. The van der Waals surface area contributed by atoms with Crippen molar-refractivity contribution in [1.82, 2.24) is 48.2 Å². The number of ether oxygens (including phenoxy) is 7. The van der Waals surface area contributed by atoms with Crippen LogP contribution in [0.5, 0.6) is 11.5 Å². The molecule has 0 radical (unpaired) electrons. The number of nitrogens with two attached hydrogens (primary N) is 3. The summed E-state index contributed by atoms with van der Waals surface area (Å²) in [6, 6.07) is 26.9. The molecule has 3 aromatic carbocycles. The summed E-state index contributed by atoms with van der Waals surface area (Å²) >= 11 is 11.1. The molecule has 0 aliphatic carbocycles. The van der Waals surface area contributed by atoms with Crippen LogP contribution in [0.2, 0.25) is 0 Å². The molecule has 0 amide bonds. The van der Waals surface area contributed by atoms with Crippen LogP contribution < -0.4 is 49.3 Å². The number of nitrogens with one attached hydrogen (secondary N) is 1. The van der Waals surface area contributed by atoms with Gasteiger partial charge in [-0.05, 0) is 60.0 Å². The van der Waals surface area contributed by atoms with Crippen LogP contribution in [0, 0.1) is 6.92 Å². The average molecular weight is 1470 g/mol. The summed E-state index contributed by atoms with van der Waals surface area (Å²) in [5.74, 6) is 1.14. The number of rotatable bonds is 27. The molecule has 99 heavy (non-hydrogen) atoms. The van der Waals surface area contributed by atoms with Gasteiger partial charge in [0.15, 0.2) is 11.5 Å². The number of aromatic nitrogens is 10. The summed E-state index contributed by atoms with van der Waals surface area (Å²) in [4.78, 5) is 109. The van der Waals surface area contributed by atoms with Crippen LogP contribution in [-0.2, 0) is 85.5 Å². The molecule has 0 spiro atoms. The summed E-state index contributed by atoms with van der Waals surface area (Å²) in [7, 11) is -11.2. The highest BCUT2D eigenvalue weighted by molar-refractivity contribution is 8.35. The number of aliphatic hydroxyl groups is 1. The van der Waals surface area contributed by atoms with Crippen LogP contribution in [0.4, 0.5) is 17.5 Å². The summed E-state index contributed by atoms with van der Waals surface area (Å²) < 4.78 is 97.9. The van der Waals surface area contributed by atoms with Crippen molar-refractivity contribution in [2.45, 2.75) is 112 Å². The highest BCUT2D eigenvalue weighted by Gasteiger charge is 2.51. The highest BCUT2D eigenvalue weighted by atomic mass is 32.7. The number of phosphoric ester groups is 1. The predicted octanol–water partition coefficient (Wildman–Crippen LogP) is 3.22. The van der Waals surface area contributed by atoms with Crippen molar-refractivity contribution in [1.29, 1.82) is 0 Å². The number of hydrogen-bond acceptors (Lipinski definition) is 31. The minimum absolute atomic E-state index is 0.0193. The number of anilines is 3. The molecule has 3 unspecified atom stereocenters. The molecule has 15 atom stereocenters. The third-order valence-electron chi connectivity index (χ3n) is 16.9. The lowest BCUT2D eigenvalue weighted by atomic mass is 9.80. The highest BCUT2D eigenvalue weighted by Crippen LogP contribution is 2.60. The van der Waals surface area contributed by atoms with Gasteiger partial charge in [0, 0.05) is 49.8 Å². The molecule has 4 saturated heterocycles. The topological polar surface area (TPSA) is 464 Å². The molecule has 9 heterocycles. The quantitative estimate of drug-likeness (QED) is 0.0208. The van der Waals surface area contributed by atoms with E-state index in [2.05, 4.69) is 29.9 Å². The number of imidazole rings is 1. The predicted molar refractivity (Wildman–Crippen MR) is 355 cm³/mol. The van der Waals surface area contributed by atoms with Gasteiger partial charge in [0.1, 0.15) is 121 Å². The van der Waals surface area contributed by atoms with Gasteiger partial charge in [-0.1, -0.05) is 54.6 Å². The Morgan fingerprint density at radius 1 is 0.636 bits per heavy atom. The number of benzene rings is 3. The normalized spacial score (nSPS) is 25.9. The van der Waals surface area contributed by atoms with E-state index in [4.69, 9.17) is 102 Å². The lowest BCUT2D eigenvalue weighted by molar-refractivity contribution is -0.0925. The van der Waals surface area contributed by atoms with E-state index in [0.717, 1.165) is 19.3 Å². The van der Waals surface area contributed by atoms with Crippen molar-refractivity contribution in [2.75, 3.05) is 57.8 Å². The number of fused-ring (bicyclic) bond motifs is 1. The monoisotopic (exact) mass is 1470 g/mol. The zero-order valence-corrected chi connectivity index (χ0v) is 57.0. The van der Waals surface area contributed by atoms with E-state index < -0.39 is 144 Å². The van der Waals surface area contributed by atoms with Gasteiger partial charge in [-0.2, -0.15) is 28.1 Å². The van der Waals surface area contributed by atoms with Gasteiger partial charge in [0.05, 0.1) is 39.9 Å². The fraction of sp³-hybridized carbons (Fsp3) is 0.407. The number of aliphatic hydroxyl groups excluding tert-OH is 1. The molecule has 5 aromatic heterocycles. The summed E-state index contributed by atoms with van der Waals surface area (Å²) in [6.07, 6.45) is -9.05. The average Bonchev–Trinajstić information content (AvgIpc) is 1.47. The molecule has 11 N–H and O–H groups in total. The van der Waals surface area contributed by atoms with Gasteiger partial charge in [-0.3, -0.25) is 37.1 Å². The molecular formula is C59H68N13O22P3S2. The summed E-state index contributed by atoms with van der Waals surface area (Å²) in [5, 5.41) is 10.9. The van der Waals surface area contributed by atoms with Crippen LogP contribution in [0.15, 0.2) is 141 Å². The second kappa shape index (κ2) is 29.8. The van der Waals surface area contributed by atoms with E-state index >= 15 is 0 Å². The lowest BCUT2D eigenvalue weighted by Gasteiger charge is -2.37. The first-order valence-corrected chi connectivity index (χ1v) is 37.2. The fourth-order valence-corrected chi connectivity index (χ4v) is 15.9. The number of nitrogens with zero attached hydrogens (tertiary/aromatic N) is 9. The molecular weight excluding hydrogens is 1400 g/mol. The molecule has 0 saturated carbocycles. The Balaban J connectivity index is 0.778. The van der Waals surface area contributed by atoms with Crippen LogP contribution >= 0.6 is 22.1 Å². The largest absolute Gasteiger partial charge is 0.497 e. The zero-order valence-electron chi connectivity index (χ0n) is 52.7. The minimum Gasteiger partial charge on any atom is -0.497 e. The number of H-pyrrole nitrogens is 1. The van der Waals surface area contributed by atoms with E-state index in [-0.39, 0.29) is 55.3 Å². The Morgan fingerprint density at radius 2 is 1.13 bits per heavy atom. The first-order valence-electron chi connectivity index (χ1n) is 30.5. The van der Waals surface area contributed by atoms with E-state index in [1.54, 1.807) is 43.1 Å². The standard InChI is InChI=1S/C59H68N13O22P3S2/c1-32-25-71(58(77)68-55(32)74)50-23-41(94-96(80,98)86-27-42-38(73)21-48(88-42)69-19-17-46(60)66-56(69)75)44(91-50)28-85-95(78,79)92-39-22-49(70-20-18-47(61)67-57(70)76)90-45(39)29-87-97(81,99)93-40-24-51(72-31-65-52-53(62)63-30-64-54(52)72)89-43(40)26-84-59(33-7-5-4-6-8-33,34-9-13-36(82-2)14-10-34)35-11-15-37(83-3)16-12-35/h4-20,25,30-31,38-45,48-51,73H,21-24,26-29H2,1-3H3,(H,78,79)(H,80,98)(H,81,99)(H2,60,66,75)(H2,61,67,76)(H2,62,63,64)(H,68,74,77)/t38-,39-,40-,41-,42+,43+,44+,45+,48+,49+,50+,51+,96?,97?/m0/s1. The Hall–Kier alpha value is -7.16. The molecule has 4 fully saturated rings. The van der Waals surface area contributed by atoms with Gasteiger partial charge in [-0.15, -0.1) is 0 Å². The van der Waals surface area contributed by atoms with E-state index in [9.17, 15) is 43.5 Å². The Bertz CT molecular complexity index is 4420. The molecule has 4 aliphatic rings. The Kier molecular flexibility index (Phi) is 21.6. The Morgan fingerprint density at radius 3 is 1.70 bits per heavy atom. The minimum atomic E-state index is -5.36. The van der Waals surface area contributed by atoms with Crippen LogP contribution in [0.25, 0.3) is 11.2 Å². The van der Waals surface area contributed by atoms with E-state index in [1.807, 2.05) is 54.6 Å². The SMILES string of the molecule is COc1ccc(C(OC[C@H]2O[C@@H](n3cnc4c(N)ncnc43)C[C@@H]2O[P+](O)([S-])OC[C@H]2O[C@@H](n3ccc(N)nc3=O)C[C@@H]2OP(=O)(O)OC[C@H]2O[C@@H](n3cc(C)c(=O)[nH]c3=O)C[C@@H]2O[P+](O)([S-])OC[C@H]2O[C@@H](n3ccc(N)nc3=O)C[C@@H]2O)(c2ccccc2)c2ccc(OC)cc2)cc1. The molecule has 12 rings (SSSR count). The molecule has 4 aliphatic heterocycles. The summed E-state index contributed by atoms with van der Waals surface area (Å²) in [6.45, 7) is -0.950. The van der Waals surface area contributed by atoms with Gasteiger partial charge in [-0.25, -0.2) is 43.7 Å². The van der Waals surface area contributed by atoms with E-state index in [0.29, 0.717) is 33.8 Å². The van der Waals surface area contributed by atoms with Crippen molar-refractivity contribution in [3.05, 3.63) is 186 Å². The van der Waals surface area contributed by atoms with E-state index in [1.165, 1.54) is 50.3 Å². The maximum atomic E-state index is 14.3. The zero-order chi connectivity index (χ0) is 70.1. The third-order valence-corrected chi connectivity index (χ3v) is 21.1. The van der Waals surface area contributed by atoms with Crippen molar-refractivity contribution < 1.29 is 84.7 Å². The maximum Gasteiger partial charge on any atom is 0.472 e. The van der Waals surface area contributed by atoms with Crippen molar-refractivity contribution >= 4 is 75.2 Å². The fourth-order valence-electron chi connectivity index (χ4n) is 12.0. The summed E-state index contributed by atoms with van der Waals surface area (Å²) in [5.41, 5.74) is 15.9. The smallest absolute Gasteiger partial charge is 0.472 e. The molecule has 35 nitrogen and oxygen atoms in total. The number of aromatic amines is 1. The van der Waals surface area contributed by atoms with Crippen LogP contribution in [0.1, 0.15) is 72.8 Å². The van der Waals surface area contributed by atoms with Crippen molar-refractivity contribution in [3.8, 4) is 11.5 Å². The second-order valence-electron chi connectivity index (χ2n) is 23.2. The first kappa shape index (κ1) is 71.7. The number of hydrogen-bond donors (Lipinski definition) is 8. The molecule has 528 valence electrons. The number of nitrogen functional groups attached to an aromatic ring is 3. The van der Waals surface area contributed by atoms with Crippen LogP contribution in [0.3, 0.4) is 0 Å². The van der Waals surface area contributed by atoms with Gasteiger partial charge in [0.25, 0.3) is 19.8 Å². The Labute approximate surface area is 573 Å². The second-order valence-corrected chi connectivity index (χ2v) is 30.2. The first-order chi connectivity index (χ1) is 47.3. The number of methoxy groups -OCH3 is 2. The van der Waals surface area contributed by atoms with Gasteiger partial charge in [0.2, 0.25) is 0 Å².